The highest BCUT2D eigenvalue weighted by atomic mass is 16.5. The van der Waals surface area contributed by atoms with Crippen LogP contribution < -0.4 is 21.1 Å². The molecule has 1 saturated heterocycles. The number of carbonyl (C=O) groups excluding carboxylic acids is 5. The molecule has 4 N–H and O–H groups in total. The Balaban J connectivity index is 0.00000561. The van der Waals surface area contributed by atoms with Crippen LogP contribution in [-0.2, 0) is 32.4 Å². The summed E-state index contributed by atoms with van der Waals surface area (Å²) in [5.41, 5.74) is 11.8. The number of aryl methyl sites for hydroxylation is 4. The van der Waals surface area contributed by atoms with E-state index in [4.69, 9.17) is 10.5 Å². The molecule has 4 aromatic heterocycles. The number of Topliss-reactive ketones (excluding diaryl/α,β-unsaturated/α-hetero) is 1. The third-order valence-corrected chi connectivity index (χ3v) is 10.7. The summed E-state index contributed by atoms with van der Waals surface area (Å²) < 4.78 is 12.4. The monoisotopic (exact) mass is 824 g/mol. The fraction of sp³-hybridized carbons (Fsp3) is 0.267. The van der Waals surface area contributed by atoms with E-state index < -0.39 is 5.91 Å². The minimum atomic E-state index is -0.415. The average molecular weight is 825 g/mol. The molecule has 2 aromatic carbocycles. The quantitative estimate of drug-likeness (QED) is 0.0560. The Morgan fingerprint density at radius 1 is 0.951 bits per heavy atom. The van der Waals surface area contributed by atoms with Gasteiger partial charge in [0.15, 0.2) is 11.6 Å². The zero-order valence-corrected chi connectivity index (χ0v) is 33.7. The molecule has 1 atom stereocenters. The number of aromatic nitrogens is 5. The largest absolute Gasteiger partial charge is 0.493 e. The number of nitrogens with two attached hydrogens (primary N) is 1. The minimum absolute atomic E-state index is 0. The maximum absolute atomic E-state index is 13.5. The van der Waals surface area contributed by atoms with E-state index in [2.05, 4.69) is 27.2 Å². The predicted octanol–water partition coefficient (Wildman–Crippen LogP) is 6.23. The number of hydrogen-bond donors (Lipinski definition) is 3. The number of aliphatic imine (C=N–C) groups is 1. The third-order valence-electron chi connectivity index (χ3n) is 10.7. The highest BCUT2D eigenvalue weighted by Crippen LogP contribution is 2.35. The Kier molecular flexibility index (Phi) is 11.4. The smallest absolute Gasteiger partial charge is 0.279 e. The van der Waals surface area contributed by atoms with Crippen molar-refractivity contribution >= 4 is 69.4 Å². The van der Waals surface area contributed by atoms with Crippen LogP contribution in [0, 0.1) is 6.92 Å². The Labute approximate surface area is 352 Å². The highest BCUT2D eigenvalue weighted by Gasteiger charge is 2.34. The van der Waals surface area contributed by atoms with Gasteiger partial charge in [-0.05, 0) is 73.4 Å². The van der Waals surface area contributed by atoms with Gasteiger partial charge in [-0.2, -0.15) is 0 Å². The van der Waals surface area contributed by atoms with Gasteiger partial charge in [0, 0.05) is 88.7 Å². The van der Waals surface area contributed by atoms with E-state index in [-0.39, 0.29) is 68.1 Å². The normalized spacial score (nSPS) is 14.4. The Morgan fingerprint density at radius 3 is 2.54 bits per heavy atom. The number of amides is 3. The molecule has 0 aliphatic carbocycles. The van der Waals surface area contributed by atoms with E-state index in [1.807, 2.05) is 13.0 Å². The molecule has 0 spiro atoms. The van der Waals surface area contributed by atoms with Crippen LogP contribution in [0.4, 0.5) is 22.9 Å². The van der Waals surface area contributed by atoms with E-state index in [1.54, 1.807) is 113 Å². The number of fused-ring (bicyclic) bond motifs is 3. The van der Waals surface area contributed by atoms with Crippen molar-refractivity contribution in [2.45, 2.75) is 46.1 Å². The number of nitrogen functional groups attached to an aromatic ring is 1. The third kappa shape index (κ3) is 8.37. The minimum Gasteiger partial charge on any atom is -0.493 e. The molecule has 2 aliphatic heterocycles. The van der Waals surface area contributed by atoms with Gasteiger partial charge in [-0.25, -0.2) is 4.98 Å². The molecular weight excluding hydrogens is 777 g/mol. The molecule has 2 aliphatic rings. The van der Waals surface area contributed by atoms with Gasteiger partial charge in [0.25, 0.3) is 17.7 Å². The Morgan fingerprint density at radius 2 is 1.74 bits per heavy atom. The summed E-state index contributed by atoms with van der Waals surface area (Å²) in [5, 5.41) is 6.45. The summed E-state index contributed by atoms with van der Waals surface area (Å²) in [6.07, 6.45) is 9.64. The van der Waals surface area contributed by atoms with Crippen molar-refractivity contribution in [3.63, 3.8) is 0 Å². The molecule has 3 amide bonds. The number of benzene rings is 2. The first-order chi connectivity index (χ1) is 28.7. The van der Waals surface area contributed by atoms with Gasteiger partial charge in [0.1, 0.15) is 17.1 Å². The van der Waals surface area contributed by atoms with E-state index in [1.165, 1.54) is 4.57 Å². The molecule has 314 valence electrons. The van der Waals surface area contributed by atoms with Crippen LogP contribution in [0.25, 0.3) is 10.9 Å². The van der Waals surface area contributed by atoms with Gasteiger partial charge in [0.2, 0.25) is 11.7 Å². The number of hydrogen-bond acceptors (Lipinski definition) is 9. The lowest BCUT2D eigenvalue weighted by molar-refractivity contribution is -0.116. The second-order valence-electron chi connectivity index (χ2n) is 15.4. The molecular formula is C45H48N10O6. The van der Waals surface area contributed by atoms with Crippen LogP contribution in [0.5, 0.6) is 5.75 Å². The summed E-state index contributed by atoms with van der Waals surface area (Å²) in [6.45, 7) is 6.68. The second-order valence-corrected chi connectivity index (χ2v) is 15.4. The zero-order valence-electron chi connectivity index (χ0n) is 33.7. The predicted molar refractivity (Wildman–Crippen MR) is 234 cm³/mol. The Hall–Kier alpha value is -7.49. The first-order valence-electron chi connectivity index (χ1n) is 19.4. The van der Waals surface area contributed by atoms with Crippen molar-refractivity contribution in [3.05, 3.63) is 119 Å². The number of ketones is 1. The lowest BCUT2D eigenvalue weighted by Gasteiger charge is -2.20. The highest BCUT2D eigenvalue weighted by molar-refractivity contribution is 6.06. The molecule has 0 saturated carbocycles. The van der Waals surface area contributed by atoms with Crippen molar-refractivity contribution < 1.29 is 28.7 Å². The molecule has 16 heteroatoms. The number of imidazole rings is 1. The first-order valence-corrected chi connectivity index (χ1v) is 19.4. The van der Waals surface area contributed by atoms with Crippen LogP contribution in [0.15, 0.2) is 90.5 Å². The van der Waals surface area contributed by atoms with Crippen LogP contribution in [-0.4, -0.2) is 83.0 Å². The van der Waals surface area contributed by atoms with Crippen molar-refractivity contribution in [2.24, 2.45) is 26.1 Å². The maximum Gasteiger partial charge on any atom is 0.279 e. The van der Waals surface area contributed by atoms with Crippen molar-refractivity contribution in [3.8, 4) is 5.75 Å². The van der Waals surface area contributed by atoms with Crippen LogP contribution in [0.2, 0.25) is 0 Å². The van der Waals surface area contributed by atoms with Gasteiger partial charge in [0.05, 0.1) is 35.1 Å². The Bertz CT molecular complexity index is 2800. The molecule has 0 unspecified atom stereocenters. The van der Waals surface area contributed by atoms with Gasteiger partial charge >= 0.3 is 0 Å². The number of nitrogens with zero attached hydrogens (tertiary/aromatic N) is 7. The van der Waals surface area contributed by atoms with Gasteiger partial charge < -0.3 is 39.7 Å². The topological polar surface area (TPSA) is 193 Å². The van der Waals surface area contributed by atoms with Gasteiger partial charge in [-0.15, -0.1) is 0 Å². The summed E-state index contributed by atoms with van der Waals surface area (Å²) >= 11 is 0. The van der Waals surface area contributed by atoms with E-state index in [0.717, 1.165) is 16.5 Å². The van der Waals surface area contributed by atoms with E-state index in [0.29, 0.717) is 70.2 Å². The molecule has 1 fully saturated rings. The second kappa shape index (κ2) is 16.6. The summed E-state index contributed by atoms with van der Waals surface area (Å²) in [7, 11) is 5.10. The number of rotatable bonds is 12. The van der Waals surface area contributed by atoms with Crippen LogP contribution >= 0.6 is 0 Å². The number of carbonyl (C=O) groups is 5. The number of anilines is 3. The molecule has 0 bridgehead atoms. The van der Waals surface area contributed by atoms with Crippen molar-refractivity contribution in [2.75, 3.05) is 29.5 Å². The first kappa shape index (κ1) is 41.7. The fourth-order valence-electron chi connectivity index (χ4n) is 7.74. The van der Waals surface area contributed by atoms with E-state index >= 15 is 0 Å². The molecule has 8 rings (SSSR count). The van der Waals surface area contributed by atoms with Crippen LogP contribution in [0.1, 0.15) is 79.8 Å². The molecule has 0 radical (unpaired) electrons. The standard InChI is InChI=1S/C44H44N10O6.CH4/c1-25-13-31-20-46-33-19-38(26(2)14-32(33)43(58)54(31)21-25)60-12-6-7-40(56)48-39-24-52(5)41(49-39)37(55)16-27-15-35(50(3)22-27)42(57)47-30-18-36(51(4)23-30)44(59)53-11-10-28-17-29(45)8-9-34(28)53;/h8-11,14-15,17-20,22-24,31H,1,6-7,12-13,16,21,45H2,2-5H3,(H,47,57)(H,48,56);1H4/t31-;/m0./s1. The number of ether oxygens (including phenoxy) is 1. The lowest BCUT2D eigenvalue weighted by Crippen LogP contribution is -2.35. The summed E-state index contributed by atoms with van der Waals surface area (Å²) in [6, 6.07) is 13.9. The molecule has 16 nitrogen and oxygen atoms in total. The molecule has 6 aromatic rings. The lowest BCUT2D eigenvalue weighted by atomic mass is 10.1. The summed E-state index contributed by atoms with van der Waals surface area (Å²) in [4.78, 5) is 77.0. The maximum atomic E-state index is 13.5. The van der Waals surface area contributed by atoms with Crippen molar-refractivity contribution in [1.29, 1.82) is 0 Å². The molecule has 6 heterocycles. The SMILES string of the molecule is C.C=C1C[C@H]2C=Nc3cc(OCCCC(=O)Nc4cn(C)c(C(=O)Cc5cc(C(=O)Nc6cc(C(=O)n7ccc8cc(N)ccc87)n(C)c6)n(C)c5)n4)c(C)cc3C(=O)N2C1. The van der Waals surface area contributed by atoms with Crippen LogP contribution in [0.3, 0.4) is 0 Å². The van der Waals surface area contributed by atoms with E-state index in [9.17, 15) is 24.0 Å². The average Bonchev–Trinajstić information content (AvgIpc) is 4.02. The van der Waals surface area contributed by atoms with Gasteiger partial charge in [-0.1, -0.05) is 19.6 Å². The fourth-order valence-corrected chi connectivity index (χ4v) is 7.74. The number of nitrogens with one attached hydrogen (secondary N) is 2. The zero-order chi connectivity index (χ0) is 42.4. The van der Waals surface area contributed by atoms with Crippen molar-refractivity contribution in [1.82, 2.24) is 28.2 Å². The molecule has 61 heavy (non-hydrogen) atoms. The van der Waals surface area contributed by atoms with Gasteiger partial charge in [-0.3, -0.25) is 33.5 Å². The summed E-state index contributed by atoms with van der Waals surface area (Å²) in [5.74, 6) is -0.364.